The Kier molecular flexibility index (Phi) is 5.48. The molecule has 2 saturated heterocycles. The van der Waals surface area contributed by atoms with Crippen molar-refractivity contribution in [2.75, 3.05) is 62.3 Å². The van der Waals surface area contributed by atoms with Crippen LogP contribution in [0.4, 0.5) is 11.6 Å². The van der Waals surface area contributed by atoms with Crippen molar-refractivity contribution < 1.29 is 9.53 Å². The van der Waals surface area contributed by atoms with Crippen LogP contribution in [0.5, 0.6) is 0 Å². The van der Waals surface area contributed by atoms with Crippen LogP contribution in [0.1, 0.15) is 5.56 Å². The van der Waals surface area contributed by atoms with Crippen LogP contribution < -0.4 is 9.80 Å². The lowest BCUT2D eigenvalue weighted by Crippen LogP contribution is -2.49. The van der Waals surface area contributed by atoms with Crippen LogP contribution in [0, 0.1) is 0 Å². The Morgan fingerprint density at radius 1 is 0.815 bits per heavy atom. The number of benzene rings is 1. The molecular formula is C20H25N5O2. The van der Waals surface area contributed by atoms with E-state index in [4.69, 9.17) is 4.74 Å². The Morgan fingerprint density at radius 2 is 1.41 bits per heavy atom. The number of hydrogen-bond acceptors (Lipinski definition) is 6. The first-order chi connectivity index (χ1) is 13.3. The zero-order valence-electron chi connectivity index (χ0n) is 15.5. The average molecular weight is 367 g/mol. The van der Waals surface area contributed by atoms with Gasteiger partial charge in [0.15, 0.2) is 11.6 Å². The minimum absolute atomic E-state index is 0.189. The number of piperazine rings is 1. The molecule has 1 amide bonds. The molecule has 2 aliphatic heterocycles. The van der Waals surface area contributed by atoms with Crippen molar-refractivity contribution in [3.05, 3.63) is 48.0 Å². The summed E-state index contributed by atoms with van der Waals surface area (Å²) in [5.41, 5.74) is 1.06. The minimum atomic E-state index is 0.189. The summed E-state index contributed by atoms with van der Waals surface area (Å²) < 4.78 is 5.38. The number of carbonyl (C=O) groups excluding carboxylic acids is 1. The fourth-order valence-electron chi connectivity index (χ4n) is 3.52. The molecule has 3 heterocycles. The highest BCUT2D eigenvalue weighted by atomic mass is 16.5. The second-order valence-corrected chi connectivity index (χ2v) is 6.88. The van der Waals surface area contributed by atoms with E-state index in [1.54, 1.807) is 0 Å². The van der Waals surface area contributed by atoms with Gasteiger partial charge in [-0.1, -0.05) is 30.3 Å². The maximum absolute atomic E-state index is 12.5. The van der Waals surface area contributed by atoms with Gasteiger partial charge in [0.2, 0.25) is 5.91 Å². The van der Waals surface area contributed by atoms with Crippen LogP contribution in [-0.4, -0.2) is 73.5 Å². The summed E-state index contributed by atoms with van der Waals surface area (Å²) in [4.78, 5) is 18.8. The van der Waals surface area contributed by atoms with Crippen LogP contribution in [0.2, 0.25) is 0 Å². The van der Waals surface area contributed by atoms with E-state index in [-0.39, 0.29) is 5.91 Å². The van der Waals surface area contributed by atoms with Gasteiger partial charge in [-0.25, -0.2) is 0 Å². The number of hydrogen-bond donors (Lipinski definition) is 0. The molecule has 0 spiro atoms. The molecule has 0 radical (unpaired) electrons. The number of aromatic nitrogens is 2. The molecule has 0 saturated carbocycles. The number of nitrogens with zero attached hydrogens (tertiary/aromatic N) is 5. The summed E-state index contributed by atoms with van der Waals surface area (Å²) in [6.45, 7) is 6.20. The van der Waals surface area contributed by atoms with E-state index in [0.717, 1.165) is 69.7 Å². The molecule has 7 nitrogen and oxygen atoms in total. The molecule has 1 aromatic carbocycles. The highest BCUT2D eigenvalue weighted by Crippen LogP contribution is 2.17. The number of morpholine rings is 1. The van der Waals surface area contributed by atoms with E-state index in [2.05, 4.69) is 20.0 Å². The third kappa shape index (κ3) is 4.36. The summed E-state index contributed by atoms with van der Waals surface area (Å²) in [5, 5.41) is 8.79. The SMILES string of the molecule is O=C(Cc1ccccc1)N1CCN(c2ccc(N3CCOCC3)nn2)CC1. The van der Waals surface area contributed by atoms with Crippen molar-refractivity contribution in [1.82, 2.24) is 15.1 Å². The van der Waals surface area contributed by atoms with Crippen molar-refractivity contribution in [1.29, 1.82) is 0 Å². The molecule has 0 aliphatic carbocycles. The monoisotopic (exact) mass is 367 g/mol. The third-order valence-corrected chi connectivity index (χ3v) is 5.13. The average Bonchev–Trinajstić information content (AvgIpc) is 2.75. The number of anilines is 2. The van der Waals surface area contributed by atoms with Crippen LogP contribution >= 0.6 is 0 Å². The molecule has 0 N–H and O–H groups in total. The van der Waals surface area contributed by atoms with Crippen molar-refractivity contribution in [3.63, 3.8) is 0 Å². The number of rotatable bonds is 4. The highest BCUT2D eigenvalue weighted by Gasteiger charge is 2.22. The Morgan fingerprint density at radius 3 is 2.00 bits per heavy atom. The first kappa shape index (κ1) is 17.7. The first-order valence-corrected chi connectivity index (χ1v) is 9.53. The van der Waals surface area contributed by atoms with E-state index in [0.29, 0.717) is 6.42 Å². The van der Waals surface area contributed by atoms with E-state index in [1.807, 2.05) is 47.4 Å². The van der Waals surface area contributed by atoms with E-state index < -0.39 is 0 Å². The zero-order valence-corrected chi connectivity index (χ0v) is 15.5. The maximum Gasteiger partial charge on any atom is 0.227 e. The molecule has 2 fully saturated rings. The summed E-state index contributed by atoms with van der Waals surface area (Å²) >= 11 is 0. The van der Waals surface area contributed by atoms with Crippen molar-refractivity contribution in [3.8, 4) is 0 Å². The van der Waals surface area contributed by atoms with Gasteiger partial charge in [0.05, 0.1) is 19.6 Å². The Labute approximate surface area is 159 Å². The summed E-state index contributed by atoms with van der Waals surface area (Å²) in [7, 11) is 0. The lowest BCUT2D eigenvalue weighted by atomic mass is 10.1. The second kappa shape index (κ2) is 8.35. The first-order valence-electron chi connectivity index (χ1n) is 9.53. The Bertz CT molecular complexity index is 739. The van der Waals surface area contributed by atoms with Gasteiger partial charge >= 0.3 is 0 Å². The van der Waals surface area contributed by atoms with E-state index in [9.17, 15) is 4.79 Å². The Balaban J connectivity index is 1.30. The van der Waals surface area contributed by atoms with Crippen molar-refractivity contribution in [2.24, 2.45) is 0 Å². The zero-order chi connectivity index (χ0) is 18.5. The van der Waals surface area contributed by atoms with E-state index >= 15 is 0 Å². The number of ether oxygens (including phenoxy) is 1. The van der Waals surface area contributed by atoms with Crippen LogP contribution in [0.25, 0.3) is 0 Å². The van der Waals surface area contributed by atoms with Gasteiger partial charge in [0.25, 0.3) is 0 Å². The van der Waals surface area contributed by atoms with Crippen LogP contribution in [0.15, 0.2) is 42.5 Å². The smallest absolute Gasteiger partial charge is 0.227 e. The molecule has 0 atom stereocenters. The summed E-state index contributed by atoms with van der Waals surface area (Å²) in [5.74, 6) is 1.97. The molecule has 7 heteroatoms. The predicted molar refractivity (Wildman–Crippen MR) is 104 cm³/mol. The van der Waals surface area contributed by atoms with Gasteiger partial charge in [-0.2, -0.15) is 0 Å². The molecule has 1 aromatic heterocycles. The molecule has 27 heavy (non-hydrogen) atoms. The fourth-order valence-corrected chi connectivity index (χ4v) is 3.52. The summed E-state index contributed by atoms with van der Waals surface area (Å²) in [6.07, 6.45) is 0.467. The number of carbonyl (C=O) groups is 1. The van der Waals surface area contributed by atoms with Gasteiger partial charge in [0, 0.05) is 39.3 Å². The van der Waals surface area contributed by atoms with Gasteiger partial charge < -0.3 is 19.4 Å². The third-order valence-electron chi connectivity index (χ3n) is 5.13. The lowest BCUT2D eigenvalue weighted by Gasteiger charge is -2.35. The normalized spacial score (nSPS) is 17.9. The Hall–Kier alpha value is -2.67. The van der Waals surface area contributed by atoms with Crippen molar-refractivity contribution >= 4 is 17.5 Å². The molecule has 142 valence electrons. The van der Waals surface area contributed by atoms with Crippen molar-refractivity contribution in [2.45, 2.75) is 6.42 Å². The largest absolute Gasteiger partial charge is 0.378 e. The quantitative estimate of drug-likeness (QED) is 0.809. The van der Waals surface area contributed by atoms with Gasteiger partial charge in [0.1, 0.15) is 0 Å². The molecule has 2 aliphatic rings. The topological polar surface area (TPSA) is 61.8 Å². The van der Waals surface area contributed by atoms with Crippen LogP contribution in [0.3, 0.4) is 0 Å². The minimum Gasteiger partial charge on any atom is -0.378 e. The lowest BCUT2D eigenvalue weighted by molar-refractivity contribution is -0.130. The molecule has 0 bridgehead atoms. The van der Waals surface area contributed by atoms with Gasteiger partial charge in [-0.3, -0.25) is 4.79 Å². The van der Waals surface area contributed by atoms with Gasteiger partial charge in [-0.15, -0.1) is 10.2 Å². The summed E-state index contributed by atoms with van der Waals surface area (Å²) in [6, 6.07) is 14.0. The standard InChI is InChI=1S/C20H25N5O2/c26-20(16-17-4-2-1-3-5-17)25-10-8-23(9-11-25)18-6-7-19(22-21-18)24-12-14-27-15-13-24/h1-7H,8-16H2. The van der Waals surface area contributed by atoms with Gasteiger partial charge in [-0.05, 0) is 17.7 Å². The number of amides is 1. The fraction of sp³-hybridized carbons (Fsp3) is 0.450. The molecule has 0 unspecified atom stereocenters. The highest BCUT2D eigenvalue weighted by molar-refractivity contribution is 5.79. The molecule has 4 rings (SSSR count). The predicted octanol–water partition coefficient (Wildman–Crippen LogP) is 1.20. The molecule has 2 aromatic rings. The van der Waals surface area contributed by atoms with E-state index in [1.165, 1.54) is 0 Å². The molecular weight excluding hydrogens is 342 g/mol. The van der Waals surface area contributed by atoms with Crippen LogP contribution in [-0.2, 0) is 16.0 Å². The second-order valence-electron chi connectivity index (χ2n) is 6.88. The maximum atomic E-state index is 12.5.